The summed E-state index contributed by atoms with van der Waals surface area (Å²) in [5.41, 5.74) is 5.27. The van der Waals surface area contributed by atoms with Gasteiger partial charge in [0.1, 0.15) is 6.54 Å². The molecular formula is C14H24ClN3O3. The van der Waals surface area contributed by atoms with E-state index in [0.717, 1.165) is 30.6 Å². The van der Waals surface area contributed by atoms with E-state index >= 15 is 0 Å². The van der Waals surface area contributed by atoms with E-state index in [1.54, 1.807) is 13.8 Å². The largest absolute Gasteiger partial charge is 0.353 e. The van der Waals surface area contributed by atoms with Crippen molar-refractivity contribution >= 4 is 30.1 Å². The maximum Gasteiger partial charge on any atom is 0.240 e. The first kappa shape index (κ1) is 17.9. The Bertz CT molecular complexity index is 410. The molecule has 120 valence electrons. The van der Waals surface area contributed by atoms with E-state index in [1.165, 1.54) is 0 Å². The average molecular weight is 318 g/mol. The molecule has 0 radical (unpaired) electrons. The van der Waals surface area contributed by atoms with Crippen molar-refractivity contribution in [3.05, 3.63) is 0 Å². The van der Waals surface area contributed by atoms with Gasteiger partial charge in [-0.2, -0.15) is 0 Å². The van der Waals surface area contributed by atoms with E-state index in [1.807, 2.05) is 0 Å². The second kappa shape index (κ2) is 6.75. The van der Waals surface area contributed by atoms with E-state index in [-0.39, 0.29) is 48.5 Å². The molecule has 7 heteroatoms. The number of carbonyl (C=O) groups excluding carboxylic acids is 3. The van der Waals surface area contributed by atoms with Crippen LogP contribution in [0.5, 0.6) is 0 Å². The molecule has 3 amide bonds. The molecule has 3 N–H and O–H groups in total. The van der Waals surface area contributed by atoms with Crippen LogP contribution in [0.1, 0.15) is 39.5 Å². The molecule has 1 aliphatic carbocycles. The Labute approximate surface area is 131 Å². The number of carbonyl (C=O) groups is 3. The summed E-state index contributed by atoms with van der Waals surface area (Å²) in [6.07, 6.45) is 3.51. The summed E-state index contributed by atoms with van der Waals surface area (Å²) in [5, 5.41) is 2.66. The Balaban J connectivity index is 0.00000220. The van der Waals surface area contributed by atoms with Crippen LogP contribution in [0.25, 0.3) is 0 Å². The first-order valence-corrected chi connectivity index (χ1v) is 7.20. The maximum atomic E-state index is 12.2. The van der Waals surface area contributed by atoms with E-state index < -0.39 is 5.54 Å². The topological polar surface area (TPSA) is 92.5 Å². The van der Waals surface area contributed by atoms with Crippen LogP contribution in [0, 0.1) is 11.8 Å². The summed E-state index contributed by atoms with van der Waals surface area (Å²) in [7, 11) is 0. The fourth-order valence-corrected chi connectivity index (χ4v) is 2.91. The lowest BCUT2D eigenvalue weighted by atomic mass is 9.81. The second-order valence-electron chi connectivity index (χ2n) is 6.53. The molecule has 0 aromatic carbocycles. The second-order valence-corrected chi connectivity index (χ2v) is 6.53. The highest BCUT2D eigenvalue weighted by Crippen LogP contribution is 2.37. The smallest absolute Gasteiger partial charge is 0.240 e. The minimum atomic E-state index is -0.511. The number of likely N-dealkylation sites (tertiary alicyclic amines) is 1. The van der Waals surface area contributed by atoms with Crippen LogP contribution in [0.4, 0.5) is 0 Å². The zero-order chi connectivity index (χ0) is 14.9. The van der Waals surface area contributed by atoms with Crippen molar-refractivity contribution in [3.63, 3.8) is 0 Å². The molecule has 0 aromatic heterocycles. The van der Waals surface area contributed by atoms with Crippen molar-refractivity contribution in [1.29, 1.82) is 0 Å². The summed E-state index contributed by atoms with van der Waals surface area (Å²) in [5.74, 6) is -1.09. The fraction of sp³-hybridized carbons (Fsp3) is 0.786. The molecule has 6 nitrogen and oxygen atoms in total. The van der Waals surface area contributed by atoms with Gasteiger partial charge in [-0.15, -0.1) is 12.4 Å². The highest BCUT2D eigenvalue weighted by atomic mass is 35.5. The van der Waals surface area contributed by atoms with E-state index in [2.05, 4.69) is 5.32 Å². The molecule has 0 aromatic rings. The van der Waals surface area contributed by atoms with E-state index in [9.17, 15) is 14.4 Å². The van der Waals surface area contributed by atoms with Crippen LogP contribution in [0.2, 0.25) is 0 Å². The van der Waals surface area contributed by atoms with Gasteiger partial charge in [0.05, 0.1) is 11.8 Å². The van der Waals surface area contributed by atoms with E-state index in [0.29, 0.717) is 6.54 Å². The molecule has 2 fully saturated rings. The molecule has 1 heterocycles. The molecule has 1 saturated carbocycles. The maximum absolute atomic E-state index is 12.2. The van der Waals surface area contributed by atoms with Crippen LogP contribution in [0.3, 0.4) is 0 Å². The SMILES string of the molecule is CC(C)(N)CNC(=O)CN1C(=O)C2CCCCC2C1=O.Cl. The highest BCUT2D eigenvalue weighted by molar-refractivity contribution is 6.07. The molecule has 21 heavy (non-hydrogen) atoms. The number of halogens is 1. The minimum Gasteiger partial charge on any atom is -0.353 e. The van der Waals surface area contributed by atoms with Crippen LogP contribution in [0.15, 0.2) is 0 Å². The van der Waals surface area contributed by atoms with Crippen molar-refractivity contribution in [2.45, 2.75) is 45.1 Å². The first-order chi connectivity index (χ1) is 9.29. The third kappa shape index (κ3) is 4.17. The van der Waals surface area contributed by atoms with Gasteiger partial charge in [0.2, 0.25) is 17.7 Å². The third-order valence-corrected chi connectivity index (χ3v) is 3.98. The van der Waals surface area contributed by atoms with Crippen molar-refractivity contribution in [2.24, 2.45) is 17.6 Å². The summed E-state index contributed by atoms with van der Waals surface area (Å²) in [4.78, 5) is 37.3. The number of nitrogens with one attached hydrogen (secondary N) is 1. The number of amides is 3. The van der Waals surface area contributed by atoms with Crippen molar-refractivity contribution in [1.82, 2.24) is 10.2 Å². The lowest BCUT2D eigenvalue weighted by molar-refractivity contribution is -0.143. The monoisotopic (exact) mass is 317 g/mol. The Kier molecular flexibility index (Phi) is 5.75. The number of imide groups is 1. The molecule has 2 aliphatic rings. The molecular weight excluding hydrogens is 294 g/mol. The Hall–Kier alpha value is -1.14. The minimum absolute atomic E-state index is 0. The number of nitrogens with zero attached hydrogens (tertiary/aromatic N) is 1. The third-order valence-electron chi connectivity index (χ3n) is 3.98. The van der Waals surface area contributed by atoms with Gasteiger partial charge in [-0.25, -0.2) is 0 Å². The number of fused-ring (bicyclic) bond motifs is 1. The highest BCUT2D eigenvalue weighted by Gasteiger charge is 2.48. The standard InChI is InChI=1S/C14H23N3O3.ClH/c1-14(2,15)8-16-11(18)7-17-12(19)9-5-3-4-6-10(9)13(17)20;/h9-10H,3-8,15H2,1-2H3,(H,16,18);1H. The normalized spacial score (nSPS) is 25.4. The molecule has 2 unspecified atom stereocenters. The van der Waals surface area contributed by atoms with Crippen molar-refractivity contribution in [2.75, 3.05) is 13.1 Å². The fourth-order valence-electron chi connectivity index (χ4n) is 2.91. The van der Waals surface area contributed by atoms with Gasteiger partial charge >= 0.3 is 0 Å². The number of hydrogen-bond acceptors (Lipinski definition) is 4. The lowest BCUT2D eigenvalue weighted by Crippen LogP contribution is -2.48. The van der Waals surface area contributed by atoms with Crippen molar-refractivity contribution in [3.8, 4) is 0 Å². The van der Waals surface area contributed by atoms with Gasteiger partial charge in [0, 0.05) is 12.1 Å². The van der Waals surface area contributed by atoms with Crippen LogP contribution in [-0.4, -0.2) is 41.2 Å². The number of nitrogens with two attached hydrogens (primary N) is 1. The zero-order valence-corrected chi connectivity index (χ0v) is 13.4. The summed E-state index contributed by atoms with van der Waals surface area (Å²) < 4.78 is 0. The van der Waals surface area contributed by atoms with Gasteiger partial charge < -0.3 is 11.1 Å². The first-order valence-electron chi connectivity index (χ1n) is 7.20. The zero-order valence-electron chi connectivity index (χ0n) is 12.6. The number of rotatable bonds is 4. The Morgan fingerprint density at radius 2 is 1.71 bits per heavy atom. The van der Waals surface area contributed by atoms with Crippen LogP contribution in [-0.2, 0) is 14.4 Å². The molecule has 0 bridgehead atoms. The number of hydrogen-bond donors (Lipinski definition) is 2. The summed E-state index contributed by atoms with van der Waals surface area (Å²) in [6.45, 7) is 3.73. The van der Waals surface area contributed by atoms with E-state index in [4.69, 9.17) is 5.73 Å². The predicted octanol–water partition coefficient (Wildman–Crippen LogP) is 0.437. The summed E-state index contributed by atoms with van der Waals surface area (Å²) in [6, 6.07) is 0. The van der Waals surface area contributed by atoms with Gasteiger partial charge in [-0.1, -0.05) is 12.8 Å². The van der Waals surface area contributed by atoms with Gasteiger partial charge in [-0.3, -0.25) is 19.3 Å². The Morgan fingerprint density at radius 3 is 2.14 bits per heavy atom. The van der Waals surface area contributed by atoms with Gasteiger partial charge in [0.25, 0.3) is 0 Å². The molecule has 0 spiro atoms. The quantitative estimate of drug-likeness (QED) is 0.736. The average Bonchev–Trinajstić information content (AvgIpc) is 2.62. The predicted molar refractivity (Wildman–Crippen MR) is 80.7 cm³/mol. The lowest BCUT2D eigenvalue weighted by Gasteiger charge is -2.20. The molecule has 1 aliphatic heterocycles. The van der Waals surface area contributed by atoms with Crippen LogP contribution < -0.4 is 11.1 Å². The van der Waals surface area contributed by atoms with Gasteiger partial charge in [-0.05, 0) is 26.7 Å². The van der Waals surface area contributed by atoms with Crippen molar-refractivity contribution < 1.29 is 14.4 Å². The van der Waals surface area contributed by atoms with Crippen LogP contribution >= 0.6 is 12.4 Å². The molecule has 2 atom stereocenters. The van der Waals surface area contributed by atoms with Gasteiger partial charge in [0.15, 0.2) is 0 Å². The Morgan fingerprint density at radius 1 is 1.24 bits per heavy atom. The molecule has 2 rings (SSSR count). The summed E-state index contributed by atoms with van der Waals surface area (Å²) >= 11 is 0. The molecule has 1 saturated heterocycles.